The quantitative estimate of drug-likeness (QED) is 0.102. The summed E-state index contributed by atoms with van der Waals surface area (Å²) >= 11 is 0. The average molecular weight is 636 g/mol. The summed E-state index contributed by atoms with van der Waals surface area (Å²) in [4.78, 5) is 19.5. The Bertz CT molecular complexity index is 1480. The summed E-state index contributed by atoms with van der Waals surface area (Å²) < 4.78 is 0. The molecule has 174 valence electrons. The molecule has 3 heterocycles. The number of hydrogen-bond donors (Lipinski definition) is 1. The van der Waals surface area contributed by atoms with E-state index in [-0.39, 0.29) is 39.3 Å². The van der Waals surface area contributed by atoms with Crippen molar-refractivity contribution >= 4 is 50.6 Å². The molecule has 1 N–H and O–H groups in total. The predicted octanol–water partition coefficient (Wildman–Crippen LogP) is 4.11. The first kappa shape index (κ1) is 24.6. The number of fused-ring (bicyclic) bond motifs is 5. The summed E-state index contributed by atoms with van der Waals surface area (Å²) in [6.45, 7) is 2.92. The number of aromatic nitrogens is 2. The topological polar surface area (TPSA) is 63.1 Å². The minimum atomic E-state index is -0.125. The monoisotopic (exact) mass is 636 g/mol. The standard InChI is InChI=1S/C24H14BN2.C5H8O2.Pt/c1-3-9-18-16(7-1)15-17-8-2-4-10-19(17)22(18)25-21-12-6-13-26-23(21)20-11-5-14-27-24(20)25;1-4(6)3-5(2)7;/h1-10,12-15H;3,6H,1-2H3;/q-1;;/b;4-3-;. The van der Waals surface area contributed by atoms with Crippen molar-refractivity contribution in [2.24, 2.45) is 0 Å². The largest absolute Gasteiger partial charge is 0.512 e. The Morgan fingerprint density at radius 3 is 2.17 bits per heavy atom. The summed E-state index contributed by atoms with van der Waals surface area (Å²) in [5.41, 5.74) is 5.60. The van der Waals surface area contributed by atoms with E-state index in [1.54, 1.807) is 0 Å². The summed E-state index contributed by atoms with van der Waals surface area (Å²) in [5.74, 6) is -0.0625. The zero-order chi connectivity index (χ0) is 23.7. The molecule has 0 saturated heterocycles. The van der Waals surface area contributed by atoms with Crippen LogP contribution in [0.1, 0.15) is 13.8 Å². The molecule has 0 spiro atoms. The Balaban J connectivity index is 0.000000320. The third-order valence-electron chi connectivity index (χ3n) is 5.95. The Morgan fingerprint density at radius 2 is 1.57 bits per heavy atom. The van der Waals surface area contributed by atoms with Gasteiger partial charge >= 0.3 is 0 Å². The fourth-order valence-corrected chi connectivity index (χ4v) is 4.74. The number of benzene rings is 3. The maximum absolute atomic E-state index is 10.0. The van der Waals surface area contributed by atoms with Gasteiger partial charge in [-0.2, -0.15) is 0 Å². The van der Waals surface area contributed by atoms with Gasteiger partial charge in [-0.3, -0.25) is 4.79 Å². The number of aliphatic hydroxyl groups is 1. The molecule has 0 bridgehead atoms. The SMILES string of the molecule is CC(=O)/C=C(/C)O.[Pt].[c-]1ccnc2c1-c1ncccc1B2c1c2ccccc2cc2ccccc12. The molecule has 0 aliphatic carbocycles. The molecular weight excluding hydrogens is 614 g/mol. The summed E-state index contributed by atoms with van der Waals surface area (Å²) in [5, 5.41) is 13.4. The maximum Gasteiger partial charge on any atom is 0.204 e. The van der Waals surface area contributed by atoms with Gasteiger partial charge in [-0.25, -0.2) is 0 Å². The minimum absolute atomic E-state index is 0. The Hall–Kier alpha value is -3.56. The van der Waals surface area contributed by atoms with Gasteiger partial charge < -0.3 is 15.1 Å². The van der Waals surface area contributed by atoms with Crippen LogP contribution in [0.3, 0.4) is 0 Å². The molecule has 6 rings (SSSR count). The zero-order valence-corrected chi connectivity index (χ0v) is 21.6. The maximum atomic E-state index is 10.0. The van der Waals surface area contributed by atoms with Crippen LogP contribution >= 0.6 is 0 Å². The molecule has 3 aromatic carbocycles. The van der Waals surface area contributed by atoms with Crippen LogP contribution in [0.5, 0.6) is 0 Å². The number of hydrogen-bond acceptors (Lipinski definition) is 4. The second-order valence-electron chi connectivity index (χ2n) is 8.35. The van der Waals surface area contributed by atoms with E-state index in [4.69, 9.17) is 10.1 Å². The molecule has 0 amide bonds. The summed E-state index contributed by atoms with van der Waals surface area (Å²) in [6.07, 6.45) is 4.86. The molecule has 0 fully saturated rings. The van der Waals surface area contributed by atoms with Gasteiger partial charge in [-0.1, -0.05) is 77.3 Å². The average Bonchev–Trinajstić information content (AvgIpc) is 3.16. The number of nitrogens with zero attached hydrogens (tertiary/aromatic N) is 2. The van der Waals surface area contributed by atoms with E-state index in [9.17, 15) is 4.79 Å². The van der Waals surface area contributed by atoms with Gasteiger partial charge in [0.25, 0.3) is 0 Å². The molecule has 1 aliphatic heterocycles. The van der Waals surface area contributed by atoms with Gasteiger partial charge in [-0.15, -0.1) is 17.7 Å². The summed E-state index contributed by atoms with van der Waals surface area (Å²) in [6, 6.07) is 29.0. The molecule has 0 unspecified atom stereocenters. The van der Waals surface area contributed by atoms with Crippen LogP contribution in [0.25, 0.3) is 32.8 Å². The van der Waals surface area contributed by atoms with Gasteiger partial charge in [0.05, 0.1) is 5.76 Å². The van der Waals surface area contributed by atoms with Crippen molar-refractivity contribution in [3.63, 3.8) is 0 Å². The van der Waals surface area contributed by atoms with Gasteiger partial charge in [-0.05, 0) is 53.2 Å². The van der Waals surface area contributed by atoms with Crippen LogP contribution in [0.2, 0.25) is 0 Å². The smallest absolute Gasteiger partial charge is 0.204 e. The van der Waals surface area contributed by atoms with E-state index in [1.165, 1.54) is 52.4 Å². The van der Waals surface area contributed by atoms with E-state index in [0.717, 1.165) is 16.9 Å². The van der Waals surface area contributed by atoms with Gasteiger partial charge in [0.1, 0.15) is 0 Å². The van der Waals surface area contributed by atoms with E-state index < -0.39 is 0 Å². The molecule has 35 heavy (non-hydrogen) atoms. The van der Waals surface area contributed by atoms with Crippen LogP contribution < -0.4 is 16.5 Å². The van der Waals surface area contributed by atoms with Crippen LogP contribution in [0.15, 0.2) is 97.0 Å². The number of rotatable bonds is 2. The molecule has 6 heteroatoms. The number of aliphatic hydroxyl groups excluding tert-OH is 1. The number of ketones is 1. The molecule has 5 aromatic rings. The summed E-state index contributed by atoms with van der Waals surface area (Å²) in [7, 11) is 0. The van der Waals surface area contributed by atoms with Crippen molar-refractivity contribution in [2.75, 3.05) is 0 Å². The number of pyridine rings is 2. The van der Waals surface area contributed by atoms with Crippen LogP contribution in [-0.4, -0.2) is 27.6 Å². The molecule has 4 nitrogen and oxygen atoms in total. The first-order valence-corrected chi connectivity index (χ1v) is 11.1. The van der Waals surface area contributed by atoms with Crippen molar-refractivity contribution < 1.29 is 31.0 Å². The fraction of sp³-hybridized carbons (Fsp3) is 0.0690. The van der Waals surface area contributed by atoms with Crippen molar-refractivity contribution in [1.29, 1.82) is 0 Å². The molecule has 2 aromatic heterocycles. The van der Waals surface area contributed by atoms with Crippen molar-refractivity contribution in [1.82, 2.24) is 9.97 Å². The van der Waals surface area contributed by atoms with Crippen molar-refractivity contribution in [2.45, 2.75) is 13.8 Å². The molecule has 1 aliphatic rings. The number of allylic oxidation sites excluding steroid dienone is 2. The van der Waals surface area contributed by atoms with E-state index in [2.05, 4.69) is 71.7 Å². The molecule has 0 saturated carbocycles. The van der Waals surface area contributed by atoms with Gasteiger partial charge in [0.15, 0.2) is 5.78 Å². The van der Waals surface area contributed by atoms with E-state index >= 15 is 0 Å². The van der Waals surface area contributed by atoms with Crippen LogP contribution in [0, 0.1) is 6.07 Å². The molecule has 0 radical (unpaired) electrons. The number of carbonyl (C=O) groups is 1. The van der Waals surface area contributed by atoms with E-state index in [1.807, 2.05) is 24.5 Å². The second-order valence-corrected chi connectivity index (χ2v) is 8.35. The zero-order valence-electron chi connectivity index (χ0n) is 19.3. The Kier molecular flexibility index (Phi) is 7.28. The Morgan fingerprint density at radius 1 is 0.914 bits per heavy atom. The van der Waals surface area contributed by atoms with Crippen molar-refractivity contribution in [3.8, 4) is 11.3 Å². The van der Waals surface area contributed by atoms with Gasteiger partial charge in [0.2, 0.25) is 6.71 Å². The molecule has 0 atom stereocenters. The van der Waals surface area contributed by atoms with E-state index in [0.29, 0.717) is 0 Å². The number of carbonyl (C=O) groups excluding carboxylic acids is 1. The molecular formula is C29H22BN2O2Pt-. The third-order valence-corrected chi connectivity index (χ3v) is 5.95. The van der Waals surface area contributed by atoms with Crippen LogP contribution in [0.4, 0.5) is 0 Å². The minimum Gasteiger partial charge on any atom is -0.512 e. The van der Waals surface area contributed by atoms with Crippen molar-refractivity contribution in [3.05, 3.63) is 103 Å². The van der Waals surface area contributed by atoms with Crippen LogP contribution in [-0.2, 0) is 25.9 Å². The first-order valence-electron chi connectivity index (χ1n) is 11.1. The predicted molar refractivity (Wildman–Crippen MR) is 139 cm³/mol. The third kappa shape index (κ3) is 4.69. The first-order chi connectivity index (χ1) is 16.5. The Labute approximate surface area is 219 Å². The van der Waals surface area contributed by atoms with Gasteiger partial charge in [0, 0.05) is 33.3 Å². The fourth-order valence-electron chi connectivity index (χ4n) is 4.74. The normalized spacial score (nSPS) is 11.8. The second kappa shape index (κ2) is 10.4.